The van der Waals surface area contributed by atoms with E-state index in [1.807, 2.05) is 0 Å². The fourth-order valence-corrected chi connectivity index (χ4v) is 3.29. The van der Waals surface area contributed by atoms with Gasteiger partial charge in [0.25, 0.3) is 0 Å². The highest BCUT2D eigenvalue weighted by Gasteiger charge is 2.43. The maximum Gasteiger partial charge on any atom is 0.220 e. The Hall–Kier alpha value is -1.35. The quantitative estimate of drug-likeness (QED) is 0.904. The molecule has 3 heteroatoms. The number of benzene rings is 1. The molecule has 2 fully saturated rings. The average molecular weight is 287 g/mol. The maximum atomic E-state index is 12.3. The Bertz CT molecular complexity index is 502. The van der Waals surface area contributed by atoms with Crippen molar-refractivity contribution in [2.24, 2.45) is 5.92 Å². The van der Waals surface area contributed by atoms with Gasteiger partial charge in [0.2, 0.25) is 5.91 Å². The van der Waals surface area contributed by atoms with Gasteiger partial charge in [-0.05, 0) is 50.5 Å². The van der Waals surface area contributed by atoms with E-state index in [-0.39, 0.29) is 11.4 Å². The molecule has 1 heterocycles. The molecule has 1 amide bonds. The van der Waals surface area contributed by atoms with Crippen molar-refractivity contribution in [3.8, 4) is 0 Å². The van der Waals surface area contributed by atoms with Crippen molar-refractivity contribution in [1.29, 1.82) is 0 Å². The van der Waals surface area contributed by atoms with E-state index >= 15 is 0 Å². The van der Waals surface area contributed by atoms with Gasteiger partial charge >= 0.3 is 0 Å². The Morgan fingerprint density at radius 3 is 2.95 bits per heavy atom. The second-order valence-corrected chi connectivity index (χ2v) is 6.78. The predicted octanol–water partition coefficient (Wildman–Crippen LogP) is 3.00. The van der Waals surface area contributed by atoms with Gasteiger partial charge in [0.05, 0.1) is 0 Å². The minimum Gasteiger partial charge on any atom is -0.381 e. The van der Waals surface area contributed by atoms with Crippen LogP contribution in [0, 0.1) is 12.8 Å². The molecule has 0 unspecified atom stereocenters. The molecule has 1 aliphatic carbocycles. The molecule has 2 aliphatic rings. The molecule has 3 nitrogen and oxygen atoms in total. The first-order chi connectivity index (χ1) is 10.2. The number of aryl methyl sites for hydroxylation is 1. The van der Waals surface area contributed by atoms with Crippen LogP contribution in [0.25, 0.3) is 0 Å². The molecule has 1 saturated heterocycles. The fourth-order valence-electron chi connectivity index (χ4n) is 3.29. The van der Waals surface area contributed by atoms with Gasteiger partial charge in [0.1, 0.15) is 0 Å². The molecule has 3 rings (SSSR count). The van der Waals surface area contributed by atoms with Gasteiger partial charge in [-0.15, -0.1) is 0 Å². The number of ether oxygens (including phenoxy) is 1. The number of nitrogens with one attached hydrogen (secondary N) is 1. The van der Waals surface area contributed by atoms with E-state index in [0.717, 1.165) is 45.3 Å². The minimum absolute atomic E-state index is 0.0282. The van der Waals surface area contributed by atoms with Crippen LogP contribution < -0.4 is 5.32 Å². The standard InChI is InChI=1S/C18H25NO2/c1-14-4-2-5-15(10-14)12-18(7-8-18)19-17(20)11-16-6-3-9-21-13-16/h2,4-5,10,16H,3,6-9,11-13H2,1H3,(H,19,20)/t16-/m1/s1. The van der Waals surface area contributed by atoms with E-state index in [4.69, 9.17) is 4.74 Å². The lowest BCUT2D eigenvalue weighted by atomic mass is 9.97. The maximum absolute atomic E-state index is 12.3. The highest BCUT2D eigenvalue weighted by atomic mass is 16.5. The average Bonchev–Trinajstić information content (AvgIpc) is 3.18. The number of carbonyl (C=O) groups is 1. The highest BCUT2D eigenvalue weighted by Crippen LogP contribution is 2.39. The van der Waals surface area contributed by atoms with Crippen LogP contribution >= 0.6 is 0 Å². The smallest absolute Gasteiger partial charge is 0.220 e. The molecule has 0 spiro atoms. The van der Waals surface area contributed by atoms with Crippen molar-refractivity contribution in [1.82, 2.24) is 5.32 Å². The summed E-state index contributed by atoms with van der Waals surface area (Å²) in [5, 5.41) is 3.29. The largest absolute Gasteiger partial charge is 0.381 e. The molecule has 1 aliphatic heterocycles. The summed E-state index contributed by atoms with van der Waals surface area (Å²) in [6.45, 7) is 3.72. The summed E-state index contributed by atoms with van der Waals surface area (Å²) in [4.78, 5) is 12.3. The van der Waals surface area contributed by atoms with E-state index < -0.39 is 0 Å². The summed E-state index contributed by atoms with van der Waals surface area (Å²) in [6.07, 6.45) is 6.00. The Morgan fingerprint density at radius 2 is 2.29 bits per heavy atom. The molecule has 0 aromatic heterocycles. The van der Waals surface area contributed by atoms with E-state index in [1.165, 1.54) is 11.1 Å². The van der Waals surface area contributed by atoms with Crippen LogP contribution in [-0.4, -0.2) is 24.7 Å². The third kappa shape index (κ3) is 4.07. The van der Waals surface area contributed by atoms with Crippen molar-refractivity contribution in [3.63, 3.8) is 0 Å². The van der Waals surface area contributed by atoms with Crippen molar-refractivity contribution in [2.75, 3.05) is 13.2 Å². The highest BCUT2D eigenvalue weighted by molar-refractivity contribution is 5.77. The van der Waals surface area contributed by atoms with Crippen molar-refractivity contribution in [3.05, 3.63) is 35.4 Å². The summed E-state index contributed by atoms with van der Waals surface area (Å²) in [6, 6.07) is 8.60. The molecule has 1 aromatic rings. The summed E-state index contributed by atoms with van der Waals surface area (Å²) in [5.41, 5.74) is 2.64. The predicted molar refractivity (Wildman–Crippen MR) is 83.2 cm³/mol. The van der Waals surface area contributed by atoms with Crippen LogP contribution in [0.5, 0.6) is 0 Å². The zero-order chi connectivity index (χ0) is 14.7. The topological polar surface area (TPSA) is 38.3 Å². The lowest BCUT2D eigenvalue weighted by molar-refractivity contribution is -0.124. The molecule has 1 N–H and O–H groups in total. The third-order valence-electron chi connectivity index (χ3n) is 4.61. The lowest BCUT2D eigenvalue weighted by Crippen LogP contribution is -2.40. The Kier molecular flexibility index (Phi) is 4.29. The first-order valence-electron chi connectivity index (χ1n) is 8.10. The number of rotatable bonds is 5. The monoisotopic (exact) mass is 287 g/mol. The van der Waals surface area contributed by atoms with Gasteiger partial charge in [0, 0.05) is 25.2 Å². The molecular formula is C18H25NO2. The SMILES string of the molecule is Cc1cccc(CC2(NC(=O)C[C@H]3CCCOC3)CC2)c1. The van der Waals surface area contributed by atoms with Crippen molar-refractivity contribution >= 4 is 5.91 Å². The Morgan fingerprint density at radius 1 is 1.43 bits per heavy atom. The van der Waals surface area contributed by atoms with Gasteiger partial charge < -0.3 is 10.1 Å². The zero-order valence-corrected chi connectivity index (χ0v) is 12.9. The molecule has 21 heavy (non-hydrogen) atoms. The van der Waals surface area contributed by atoms with Gasteiger partial charge in [-0.25, -0.2) is 0 Å². The number of amides is 1. The Labute approximate surface area is 127 Å². The molecule has 0 radical (unpaired) electrons. The Balaban J connectivity index is 1.52. The number of carbonyl (C=O) groups excluding carboxylic acids is 1. The first-order valence-corrected chi connectivity index (χ1v) is 8.10. The van der Waals surface area contributed by atoms with E-state index in [2.05, 4.69) is 36.5 Å². The molecule has 0 bridgehead atoms. The molecule has 1 atom stereocenters. The second-order valence-electron chi connectivity index (χ2n) is 6.78. The van der Waals surface area contributed by atoms with Crippen LogP contribution in [0.15, 0.2) is 24.3 Å². The summed E-state index contributed by atoms with van der Waals surface area (Å²) in [5.74, 6) is 0.615. The summed E-state index contributed by atoms with van der Waals surface area (Å²) < 4.78 is 5.46. The van der Waals surface area contributed by atoms with Crippen LogP contribution in [0.4, 0.5) is 0 Å². The number of hydrogen-bond donors (Lipinski definition) is 1. The molecular weight excluding hydrogens is 262 g/mol. The van der Waals surface area contributed by atoms with E-state index in [9.17, 15) is 4.79 Å². The first kappa shape index (κ1) is 14.6. The van der Waals surface area contributed by atoms with Crippen molar-refractivity contribution in [2.45, 2.75) is 51.0 Å². The summed E-state index contributed by atoms with van der Waals surface area (Å²) in [7, 11) is 0. The molecule has 114 valence electrons. The lowest BCUT2D eigenvalue weighted by Gasteiger charge is -2.23. The normalized spacial score (nSPS) is 23.6. The van der Waals surface area contributed by atoms with Gasteiger partial charge in [-0.3, -0.25) is 4.79 Å². The van der Waals surface area contributed by atoms with E-state index in [1.54, 1.807) is 0 Å². The van der Waals surface area contributed by atoms with E-state index in [0.29, 0.717) is 12.3 Å². The van der Waals surface area contributed by atoms with Crippen LogP contribution in [0.2, 0.25) is 0 Å². The van der Waals surface area contributed by atoms with Gasteiger partial charge in [-0.1, -0.05) is 29.8 Å². The van der Waals surface area contributed by atoms with Crippen LogP contribution in [0.3, 0.4) is 0 Å². The van der Waals surface area contributed by atoms with Crippen molar-refractivity contribution < 1.29 is 9.53 Å². The van der Waals surface area contributed by atoms with Gasteiger partial charge in [0.15, 0.2) is 0 Å². The third-order valence-corrected chi connectivity index (χ3v) is 4.61. The van der Waals surface area contributed by atoms with Gasteiger partial charge in [-0.2, -0.15) is 0 Å². The summed E-state index contributed by atoms with van der Waals surface area (Å²) >= 11 is 0. The molecule has 1 aromatic carbocycles. The number of hydrogen-bond acceptors (Lipinski definition) is 2. The van der Waals surface area contributed by atoms with Crippen LogP contribution in [0.1, 0.15) is 43.2 Å². The zero-order valence-electron chi connectivity index (χ0n) is 12.9. The minimum atomic E-state index is 0.0282. The second kappa shape index (κ2) is 6.18. The van der Waals surface area contributed by atoms with Crippen LogP contribution in [-0.2, 0) is 16.0 Å². The molecule has 1 saturated carbocycles. The fraction of sp³-hybridized carbons (Fsp3) is 0.611.